The van der Waals surface area contributed by atoms with Crippen LogP contribution < -0.4 is 9.47 Å². The summed E-state index contributed by atoms with van der Waals surface area (Å²) in [5.41, 5.74) is 6.18. The molecule has 28 heavy (non-hydrogen) atoms. The number of hydrogen-bond acceptors (Lipinski definition) is 5. The third-order valence-corrected chi connectivity index (χ3v) is 4.84. The molecule has 0 spiro atoms. The van der Waals surface area contributed by atoms with Crippen LogP contribution in [0, 0.1) is 20.8 Å². The number of ether oxygens (including phenoxy) is 3. The van der Waals surface area contributed by atoms with Gasteiger partial charge in [-0.25, -0.2) is 0 Å². The number of methoxy groups -OCH3 is 2. The molecule has 0 fully saturated rings. The van der Waals surface area contributed by atoms with Crippen molar-refractivity contribution in [1.29, 1.82) is 0 Å². The molecule has 0 saturated carbocycles. The van der Waals surface area contributed by atoms with E-state index in [-0.39, 0.29) is 5.97 Å². The number of hydrogen-bond donors (Lipinski definition) is 0. The topological polar surface area (TPSA) is 57.7 Å². The zero-order valence-corrected chi connectivity index (χ0v) is 17.6. The molecular weight excluding hydrogens is 354 g/mol. The normalized spacial score (nSPS) is 11.3. The number of allylic oxidation sites excluding steroid dienone is 1. The molecule has 1 aromatic carbocycles. The van der Waals surface area contributed by atoms with Crippen molar-refractivity contribution in [2.24, 2.45) is 0 Å². The number of carbonyl (C=O) groups is 1. The molecule has 0 N–H and O–H groups in total. The Morgan fingerprint density at radius 2 is 1.75 bits per heavy atom. The molecule has 0 aliphatic rings. The van der Waals surface area contributed by atoms with Crippen molar-refractivity contribution < 1.29 is 19.0 Å². The number of unbranched alkanes of at least 4 members (excludes halogenated alkanes) is 1. The zero-order valence-electron chi connectivity index (χ0n) is 17.6. The fourth-order valence-electron chi connectivity index (χ4n) is 3.41. The van der Waals surface area contributed by atoms with Crippen molar-refractivity contribution in [1.82, 2.24) is 4.98 Å². The molecule has 0 unspecified atom stereocenters. The van der Waals surface area contributed by atoms with Gasteiger partial charge < -0.3 is 14.2 Å². The third kappa shape index (κ3) is 4.71. The maximum Gasteiger partial charge on any atom is 0.302 e. The summed E-state index contributed by atoms with van der Waals surface area (Å²) in [4.78, 5) is 15.3. The summed E-state index contributed by atoms with van der Waals surface area (Å²) >= 11 is 0. The van der Waals surface area contributed by atoms with Crippen LogP contribution in [0.5, 0.6) is 11.5 Å². The van der Waals surface area contributed by atoms with Crippen molar-refractivity contribution in [3.63, 3.8) is 0 Å². The molecule has 0 radical (unpaired) electrons. The van der Waals surface area contributed by atoms with Gasteiger partial charge in [-0.05, 0) is 56.4 Å². The van der Waals surface area contributed by atoms with Crippen LogP contribution in [0.25, 0.3) is 5.57 Å². The lowest BCUT2D eigenvalue weighted by atomic mass is 9.89. The van der Waals surface area contributed by atoms with Crippen LogP contribution in [0.4, 0.5) is 0 Å². The van der Waals surface area contributed by atoms with Gasteiger partial charge in [-0.15, -0.1) is 0 Å². The second-order valence-electron chi connectivity index (χ2n) is 6.66. The fraction of sp³-hybridized carbons (Fsp3) is 0.391. The van der Waals surface area contributed by atoms with Crippen molar-refractivity contribution in [3.8, 4) is 11.5 Å². The third-order valence-electron chi connectivity index (χ3n) is 4.84. The Hall–Kier alpha value is -2.82. The van der Waals surface area contributed by atoms with Crippen LogP contribution in [-0.2, 0) is 9.53 Å². The standard InChI is InChI=1S/C23H29NO4/c1-15-16(2)23(27-6)21(17(3)22(15)26-5)20(19-10-9-12-24-14-19)11-7-8-13-28-18(4)25/h9-12,14H,7-8,13H2,1-6H3. The molecule has 5 nitrogen and oxygen atoms in total. The first kappa shape index (κ1) is 21.5. The summed E-state index contributed by atoms with van der Waals surface area (Å²) in [7, 11) is 3.39. The lowest BCUT2D eigenvalue weighted by Crippen LogP contribution is -2.05. The van der Waals surface area contributed by atoms with E-state index in [1.165, 1.54) is 6.92 Å². The van der Waals surface area contributed by atoms with E-state index in [1.807, 2.05) is 39.1 Å². The number of nitrogens with zero attached hydrogens (tertiary/aromatic N) is 1. The Balaban J connectivity index is 2.58. The average Bonchev–Trinajstić information content (AvgIpc) is 2.69. The van der Waals surface area contributed by atoms with Gasteiger partial charge in [0.25, 0.3) is 0 Å². The molecule has 0 bridgehead atoms. The summed E-state index contributed by atoms with van der Waals surface area (Å²) in [5, 5.41) is 0. The Labute approximate surface area is 167 Å². The molecule has 5 heteroatoms. The highest BCUT2D eigenvalue weighted by molar-refractivity contribution is 5.86. The average molecular weight is 383 g/mol. The second-order valence-corrected chi connectivity index (χ2v) is 6.66. The van der Waals surface area contributed by atoms with E-state index in [9.17, 15) is 4.79 Å². The molecule has 0 amide bonds. The van der Waals surface area contributed by atoms with Gasteiger partial charge in [0.1, 0.15) is 11.5 Å². The summed E-state index contributed by atoms with van der Waals surface area (Å²) in [5.74, 6) is 1.45. The minimum Gasteiger partial charge on any atom is -0.496 e. The van der Waals surface area contributed by atoms with E-state index in [0.29, 0.717) is 6.61 Å². The predicted molar refractivity (Wildman–Crippen MR) is 111 cm³/mol. The van der Waals surface area contributed by atoms with E-state index < -0.39 is 0 Å². The van der Waals surface area contributed by atoms with E-state index in [1.54, 1.807) is 20.4 Å². The molecule has 2 aromatic rings. The molecule has 2 rings (SSSR count). The van der Waals surface area contributed by atoms with Gasteiger partial charge in [0, 0.05) is 36.0 Å². The first-order valence-electron chi connectivity index (χ1n) is 9.38. The minimum atomic E-state index is -0.257. The maximum absolute atomic E-state index is 11.0. The fourth-order valence-corrected chi connectivity index (χ4v) is 3.41. The van der Waals surface area contributed by atoms with E-state index in [2.05, 4.69) is 11.1 Å². The zero-order chi connectivity index (χ0) is 20.7. The Morgan fingerprint density at radius 3 is 2.32 bits per heavy atom. The molecular formula is C23H29NO4. The van der Waals surface area contributed by atoms with Crippen LogP contribution in [-0.4, -0.2) is 31.8 Å². The number of esters is 1. The van der Waals surface area contributed by atoms with Crippen molar-refractivity contribution >= 4 is 11.5 Å². The van der Waals surface area contributed by atoms with Gasteiger partial charge in [0.2, 0.25) is 0 Å². The summed E-state index contributed by atoms with van der Waals surface area (Å²) in [6, 6.07) is 3.95. The summed E-state index contributed by atoms with van der Waals surface area (Å²) in [6.07, 6.45) is 7.26. The molecule has 0 aliphatic carbocycles. The Kier molecular flexibility index (Phi) is 7.61. The van der Waals surface area contributed by atoms with Crippen molar-refractivity contribution in [2.75, 3.05) is 20.8 Å². The number of benzene rings is 1. The summed E-state index contributed by atoms with van der Waals surface area (Å²) in [6.45, 7) is 7.96. The predicted octanol–water partition coefficient (Wildman–Crippen LogP) is 4.80. The lowest BCUT2D eigenvalue weighted by Gasteiger charge is -2.22. The summed E-state index contributed by atoms with van der Waals surface area (Å²) < 4.78 is 16.6. The molecule has 1 heterocycles. The molecule has 0 atom stereocenters. The van der Waals surface area contributed by atoms with E-state index in [4.69, 9.17) is 14.2 Å². The van der Waals surface area contributed by atoms with Gasteiger partial charge in [-0.3, -0.25) is 9.78 Å². The molecule has 0 aliphatic heterocycles. The smallest absolute Gasteiger partial charge is 0.302 e. The van der Waals surface area contributed by atoms with Crippen LogP contribution in [0.1, 0.15) is 47.6 Å². The molecule has 1 aromatic heterocycles. The largest absolute Gasteiger partial charge is 0.496 e. The number of aromatic nitrogens is 1. The van der Waals surface area contributed by atoms with Gasteiger partial charge >= 0.3 is 5.97 Å². The number of carbonyl (C=O) groups excluding carboxylic acids is 1. The maximum atomic E-state index is 11.0. The Morgan fingerprint density at radius 1 is 1.07 bits per heavy atom. The van der Waals surface area contributed by atoms with E-state index in [0.717, 1.165) is 57.7 Å². The molecule has 0 saturated heterocycles. The van der Waals surface area contributed by atoms with Crippen LogP contribution in [0.15, 0.2) is 30.6 Å². The highest BCUT2D eigenvalue weighted by Crippen LogP contribution is 2.43. The quantitative estimate of drug-likeness (QED) is 0.484. The highest BCUT2D eigenvalue weighted by atomic mass is 16.5. The monoisotopic (exact) mass is 383 g/mol. The second kappa shape index (κ2) is 9.93. The van der Waals surface area contributed by atoms with Crippen molar-refractivity contribution in [2.45, 2.75) is 40.5 Å². The van der Waals surface area contributed by atoms with Crippen LogP contribution in [0.2, 0.25) is 0 Å². The molecule has 150 valence electrons. The first-order valence-corrected chi connectivity index (χ1v) is 9.38. The Bertz CT molecular complexity index is 857. The van der Waals surface area contributed by atoms with E-state index >= 15 is 0 Å². The van der Waals surface area contributed by atoms with Gasteiger partial charge in [0.05, 0.1) is 20.8 Å². The number of rotatable bonds is 8. The lowest BCUT2D eigenvalue weighted by molar-refractivity contribution is -0.141. The van der Waals surface area contributed by atoms with Crippen LogP contribution in [0.3, 0.4) is 0 Å². The van der Waals surface area contributed by atoms with Gasteiger partial charge in [-0.1, -0.05) is 12.1 Å². The minimum absolute atomic E-state index is 0.257. The number of pyridine rings is 1. The van der Waals surface area contributed by atoms with Crippen LogP contribution >= 0.6 is 0 Å². The van der Waals surface area contributed by atoms with Gasteiger partial charge in [0.15, 0.2) is 0 Å². The van der Waals surface area contributed by atoms with Crippen molar-refractivity contribution in [3.05, 3.63) is 58.4 Å². The first-order chi connectivity index (χ1) is 13.4. The SMILES string of the molecule is COc1c(C)c(C)c(OC)c(C(=CCCCOC(C)=O)c2cccnc2)c1C. The van der Waals surface area contributed by atoms with Gasteiger partial charge in [-0.2, -0.15) is 0 Å². The highest BCUT2D eigenvalue weighted by Gasteiger charge is 2.22.